The first kappa shape index (κ1) is 34.4. The molecule has 0 bridgehead atoms. The maximum absolute atomic E-state index is 15.2. The van der Waals surface area contributed by atoms with Crippen molar-refractivity contribution in [1.82, 2.24) is 25.0 Å². The number of hydrogen-bond acceptors (Lipinski definition) is 9. The number of amides is 1. The number of rotatable bonds is 12. The summed E-state index contributed by atoms with van der Waals surface area (Å²) >= 11 is 1.12. The first-order chi connectivity index (χ1) is 24.2. The molecule has 2 heterocycles. The molecule has 6 rings (SSSR count). The third kappa shape index (κ3) is 7.26. The molecule has 258 valence electrons. The summed E-state index contributed by atoms with van der Waals surface area (Å²) in [5, 5.41) is 16.5. The highest BCUT2D eigenvalue weighted by Crippen LogP contribution is 2.42. The van der Waals surface area contributed by atoms with Crippen molar-refractivity contribution in [3.8, 4) is 28.3 Å². The molecule has 11 nitrogen and oxygen atoms in total. The molecule has 0 saturated heterocycles. The molecule has 1 amide bonds. The van der Waals surface area contributed by atoms with Crippen molar-refractivity contribution in [1.29, 1.82) is 0 Å². The molecule has 0 spiro atoms. The van der Waals surface area contributed by atoms with Crippen molar-refractivity contribution in [2.75, 3.05) is 32.5 Å². The molecule has 0 aliphatic carbocycles. The van der Waals surface area contributed by atoms with Crippen LogP contribution >= 0.6 is 11.9 Å². The number of aromatic nitrogens is 3. The summed E-state index contributed by atoms with van der Waals surface area (Å²) in [6, 6.07) is 17.0. The van der Waals surface area contributed by atoms with Gasteiger partial charge in [0.2, 0.25) is 0 Å². The largest absolute Gasteiger partial charge is 0.496 e. The third-order valence-electron chi connectivity index (χ3n) is 8.50. The summed E-state index contributed by atoms with van der Waals surface area (Å²) in [5.41, 5.74) is 4.32. The standard InChI is InChI=1S/C36H34F2N6O5S/c1-43-14-13-25-21(7-12-26(27(25)18-43)33-31(48-2)5-4-6-32(33)49-3)15-30(36(46)47)41-35(45)34-28(37)16-22(17-29(34)38)42-50-24-10-8-23(9-11-24)44-20-39-19-40-44/h4-12,16-17,19-20,30,42H,13-15,18H2,1-3H3,(H,41,45)(H,46,47). The number of methoxy groups -OCH3 is 2. The minimum atomic E-state index is -1.45. The van der Waals surface area contributed by atoms with E-state index in [-0.39, 0.29) is 12.1 Å². The van der Waals surface area contributed by atoms with Crippen molar-refractivity contribution in [2.24, 2.45) is 0 Å². The molecule has 1 aliphatic heterocycles. The Morgan fingerprint density at radius 2 is 1.70 bits per heavy atom. The molecule has 1 unspecified atom stereocenters. The maximum atomic E-state index is 15.2. The summed E-state index contributed by atoms with van der Waals surface area (Å²) in [4.78, 5) is 32.4. The normalized spacial score (nSPS) is 13.3. The van der Waals surface area contributed by atoms with Crippen LogP contribution in [-0.2, 0) is 24.2 Å². The van der Waals surface area contributed by atoms with Crippen LogP contribution < -0.4 is 19.5 Å². The zero-order chi connectivity index (χ0) is 35.4. The number of benzene rings is 4. The SMILES string of the molecule is COc1cccc(OC)c1-c1ccc(CC(NC(=O)c2c(F)cc(NSc3ccc(-n4cncn4)cc3)cc2F)C(=O)O)c2c1CN(C)CC2. The lowest BCUT2D eigenvalue weighted by Gasteiger charge is -2.30. The first-order valence-electron chi connectivity index (χ1n) is 15.6. The Labute approximate surface area is 291 Å². The number of hydrogen-bond donors (Lipinski definition) is 3. The zero-order valence-corrected chi connectivity index (χ0v) is 28.3. The molecular formula is C36H34F2N6O5S. The van der Waals surface area contributed by atoms with E-state index in [1.807, 2.05) is 49.5 Å². The van der Waals surface area contributed by atoms with Crippen LogP contribution in [0.5, 0.6) is 11.5 Å². The second-order valence-electron chi connectivity index (χ2n) is 11.7. The van der Waals surface area contributed by atoms with Gasteiger partial charge in [0.15, 0.2) is 0 Å². The summed E-state index contributed by atoms with van der Waals surface area (Å²) in [6.07, 6.45) is 3.53. The monoisotopic (exact) mass is 700 g/mol. The number of nitrogens with zero attached hydrogens (tertiary/aromatic N) is 4. The van der Waals surface area contributed by atoms with Crippen LogP contribution in [0.15, 0.2) is 84.3 Å². The van der Waals surface area contributed by atoms with Gasteiger partial charge in [-0.1, -0.05) is 18.2 Å². The molecule has 0 saturated carbocycles. The number of ether oxygens (including phenoxy) is 2. The quantitative estimate of drug-likeness (QED) is 0.138. The Morgan fingerprint density at radius 3 is 2.32 bits per heavy atom. The third-order valence-corrected chi connectivity index (χ3v) is 9.35. The highest BCUT2D eigenvalue weighted by Gasteiger charge is 2.29. The zero-order valence-electron chi connectivity index (χ0n) is 27.4. The summed E-state index contributed by atoms with van der Waals surface area (Å²) in [5.74, 6) is -3.51. The van der Waals surface area contributed by atoms with Gasteiger partial charge >= 0.3 is 5.97 Å². The molecule has 3 N–H and O–H groups in total. The Bertz CT molecular complexity index is 1980. The van der Waals surface area contributed by atoms with Crippen molar-refractivity contribution < 1.29 is 33.0 Å². The predicted molar refractivity (Wildman–Crippen MR) is 185 cm³/mol. The van der Waals surface area contributed by atoms with Gasteiger partial charge in [-0.3, -0.25) is 4.79 Å². The van der Waals surface area contributed by atoms with E-state index < -0.39 is 35.1 Å². The van der Waals surface area contributed by atoms with Crippen molar-refractivity contribution in [3.05, 3.63) is 113 Å². The van der Waals surface area contributed by atoms with Gasteiger partial charge in [-0.25, -0.2) is 23.2 Å². The number of halogens is 2. The molecular weight excluding hydrogens is 666 g/mol. The topological polar surface area (TPSA) is 131 Å². The van der Waals surface area contributed by atoms with Crippen molar-refractivity contribution in [2.45, 2.75) is 30.3 Å². The number of fused-ring (bicyclic) bond motifs is 1. The second kappa shape index (κ2) is 15.0. The van der Waals surface area contributed by atoms with Gasteiger partial charge in [0.1, 0.15) is 47.4 Å². The van der Waals surface area contributed by atoms with Crippen molar-refractivity contribution >= 4 is 29.5 Å². The van der Waals surface area contributed by atoms with Crippen LogP contribution in [0.25, 0.3) is 16.8 Å². The molecule has 50 heavy (non-hydrogen) atoms. The minimum absolute atomic E-state index is 0.0834. The maximum Gasteiger partial charge on any atom is 0.326 e. The van der Waals surface area contributed by atoms with Crippen LogP contribution in [0, 0.1) is 11.6 Å². The van der Waals surface area contributed by atoms with Crippen LogP contribution in [0.3, 0.4) is 0 Å². The Balaban J connectivity index is 1.20. The lowest BCUT2D eigenvalue weighted by molar-refractivity contribution is -0.139. The van der Waals surface area contributed by atoms with E-state index in [9.17, 15) is 14.7 Å². The molecule has 14 heteroatoms. The number of carbonyl (C=O) groups is 2. The second-order valence-corrected chi connectivity index (χ2v) is 12.6. The summed E-state index contributed by atoms with van der Waals surface area (Å²) in [7, 11) is 5.17. The molecule has 0 fully saturated rings. The fraction of sp³-hybridized carbons (Fsp3) is 0.222. The highest BCUT2D eigenvalue weighted by atomic mass is 32.2. The summed E-state index contributed by atoms with van der Waals surface area (Å²) in [6.45, 7) is 1.33. The van der Waals surface area contributed by atoms with Gasteiger partial charge < -0.3 is 29.5 Å². The van der Waals surface area contributed by atoms with Gasteiger partial charge in [0.05, 0.1) is 31.2 Å². The number of carboxylic acid groups (broad SMARTS) is 1. The number of carbonyl (C=O) groups excluding carboxylic acids is 1. The lowest BCUT2D eigenvalue weighted by Crippen LogP contribution is -2.43. The minimum Gasteiger partial charge on any atom is -0.496 e. The van der Waals surface area contributed by atoms with Gasteiger partial charge in [0.25, 0.3) is 5.91 Å². The predicted octanol–water partition coefficient (Wildman–Crippen LogP) is 5.76. The highest BCUT2D eigenvalue weighted by molar-refractivity contribution is 8.00. The average Bonchev–Trinajstić information content (AvgIpc) is 3.65. The fourth-order valence-electron chi connectivity index (χ4n) is 6.05. The number of likely N-dealkylation sites (N-methyl/N-ethyl adjacent to an activating group) is 1. The van der Waals surface area contributed by atoms with Gasteiger partial charge in [-0.15, -0.1) is 0 Å². The van der Waals surface area contributed by atoms with E-state index in [2.05, 4.69) is 25.0 Å². The van der Waals surface area contributed by atoms with E-state index in [4.69, 9.17) is 9.47 Å². The molecule has 1 atom stereocenters. The van der Waals surface area contributed by atoms with Crippen LogP contribution in [-0.4, -0.2) is 70.5 Å². The molecule has 0 radical (unpaired) electrons. The Morgan fingerprint density at radius 1 is 1.00 bits per heavy atom. The van der Waals surface area contributed by atoms with Crippen LogP contribution in [0.2, 0.25) is 0 Å². The van der Waals surface area contributed by atoms with E-state index in [0.29, 0.717) is 30.0 Å². The van der Waals surface area contributed by atoms with E-state index in [1.165, 1.54) is 6.33 Å². The Hall–Kier alpha value is -5.47. The number of anilines is 1. The summed E-state index contributed by atoms with van der Waals surface area (Å²) < 4.78 is 46.2. The lowest BCUT2D eigenvalue weighted by atomic mass is 9.85. The Kier molecular flexibility index (Phi) is 10.3. The molecule has 4 aromatic carbocycles. The van der Waals surface area contributed by atoms with E-state index in [1.54, 1.807) is 37.4 Å². The van der Waals surface area contributed by atoms with E-state index in [0.717, 1.165) is 63.5 Å². The van der Waals surface area contributed by atoms with Crippen LogP contribution in [0.1, 0.15) is 27.0 Å². The number of aliphatic carboxylic acids is 1. The van der Waals surface area contributed by atoms with Crippen molar-refractivity contribution in [3.63, 3.8) is 0 Å². The van der Waals surface area contributed by atoms with Gasteiger partial charge in [0, 0.05) is 24.4 Å². The van der Waals surface area contributed by atoms with Gasteiger partial charge in [-0.2, -0.15) is 5.10 Å². The first-order valence-corrected chi connectivity index (χ1v) is 16.4. The average molecular weight is 701 g/mol. The van der Waals surface area contributed by atoms with Gasteiger partial charge in [-0.05, 0) is 96.2 Å². The number of nitrogens with one attached hydrogen (secondary N) is 2. The van der Waals surface area contributed by atoms with E-state index >= 15 is 8.78 Å². The fourth-order valence-corrected chi connectivity index (χ4v) is 6.68. The molecule has 1 aliphatic rings. The smallest absolute Gasteiger partial charge is 0.326 e. The van der Waals surface area contributed by atoms with Crippen LogP contribution in [0.4, 0.5) is 14.5 Å². The molecule has 1 aromatic heterocycles. The number of carboxylic acids is 1. The molecule has 5 aromatic rings.